The van der Waals surface area contributed by atoms with E-state index in [1.54, 1.807) is 36.4 Å². The Labute approximate surface area is 238 Å². The maximum absolute atomic E-state index is 13.6. The molecule has 1 amide bonds. The lowest BCUT2D eigenvalue weighted by Gasteiger charge is -2.32. The fourth-order valence-corrected chi connectivity index (χ4v) is 7.68. The Balaban J connectivity index is 1.25. The zero-order valence-corrected chi connectivity index (χ0v) is 23.7. The second kappa shape index (κ2) is 12.0. The van der Waals surface area contributed by atoms with E-state index in [9.17, 15) is 18.0 Å². The number of aromatic nitrogens is 2. The van der Waals surface area contributed by atoms with Gasteiger partial charge in [0.2, 0.25) is 10.0 Å². The number of benzene rings is 3. The van der Waals surface area contributed by atoms with Gasteiger partial charge in [-0.1, -0.05) is 41.6 Å². The number of halogens is 1. The molecule has 0 aliphatic carbocycles. The van der Waals surface area contributed by atoms with Crippen LogP contribution in [0.5, 0.6) is 0 Å². The van der Waals surface area contributed by atoms with Crippen LogP contribution in [-0.4, -0.2) is 52.5 Å². The molecule has 0 bridgehead atoms. The first-order chi connectivity index (χ1) is 18.8. The van der Waals surface area contributed by atoms with Crippen LogP contribution in [-0.2, 0) is 24.3 Å². The highest BCUT2D eigenvalue weighted by Crippen LogP contribution is 2.34. The lowest BCUT2D eigenvalue weighted by atomic mass is 10.1. The number of nitrogens with one attached hydrogen (secondary N) is 1. The molecule has 1 fully saturated rings. The zero-order chi connectivity index (χ0) is 27.4. The summed E-state index contributed by atoms with van der Waals surface area (Å²) in [6.45, 7) is -0.383. The average Bonchev–Trinajstić information content (AvgIpc) is 3.43. The molecule has 9 nitrogen and oxygen atoms in total. The summed E-state index contributed by atoms with van der Waals surface area (Å²) in [4.78, 5) is 27.5. The van der Waals surface area contributed by atoms with E-state index in [1.807, 2.05) is 24.3 Å². The molecule has 13 heteroatoms. The van der Waals surface area contributed by atoms with Crippen molar-refractivity contribution < 1.29 is 22.7 Å². The molecule has 3 aromatic carbocycles. The maximum atomic E-state index is 13.6. The number of anilines is 1. The monoisotopic (exact) mass is 602 g/mol. The third-order valence-corrected chi connectivity index (χ3v) is 9.93. The number of rotatable bonds is 8. The van der Waals surface area contributed by atoms with Crippen LogP contribution in [0, 0.1) is 0 Å². The minimum Gasteiger partial charge on any atom is -0.454 e. The van der Waals surface area contributed by atoms with Crippen molar-refractivity contribution in [3.63, 3.8) is 0 Å². The number of sulfonamides is 1. The van der Waals surface area contributed by atoms with E-state index in [0.717, 1.165) is 25.8 Å². The summed E-state index contributed by atoms with van der Waals surface area (Å²) in [5.74, 6) is -1.29. The van der Waals surface area contributed by atoms with Crippen molar-refractivity contribution in [1.82, 2.24) is 13.1 Å². The largest absolute Gasteiger partial charge is 0.454 e. The Hall–Kier alpha value is -3.03. The molecule has 1 aliphatic rings. The summed E-state index contributed by atoms with van der Waals surface area (Å²) in [6.07, 6.45) is 1.57. The minimum absolute atomic E-state index is 0.000914. The fraction of sp³-hybridized carbons (Fsp3) is 0.231. The molecule has 1 aliphatic heterocycles. The molecule has 1 N–H and O–H groups in total. The van der Waals surface area contributed by atoms with E-state index in [4.69, 9.17) is 16.3 Å². The van der Waals surface area contributed by atoms with E-state index in [1.165, 1.54) is 17.8 Å². The highest BCUT2D eigenvalue weighted by Gasteiger charge is 2.39. The van der Waals surface area contributed by atoms with Gasteiger partial charge in [0.05, 0.1) is 17.4 Å². The van der Waals surface area contributed by atoms with Crippen LogP contribution in [0.4, 0.5) is 5.69 Å². The van der Waals surface area contributed by atoms with Gasteiger partial charge in [-0.05, 0) is 67.8 Å². The van der Waals surface area contributed by atoms with E-state index < -0.39 is 34.5 Å². The highest BCUT2D eigenvalue weighted by molar-refractivity contribution is 7.99. The SMILES string of the molecule is O=C(COC(=O)C1CCCCN1S(=O)(=O)c1cccc2nsnc12)Nc1ccccc1Sc1ccc(Cl)cc1. The van der Waals surface area contributed by atoms with Gasteiger partial charge in [-0.25, -0.2) is 8.42 Å². The van der Waals surface area contributed by atoms with E-state index >= 15 is 0 Å². The second-order valence-electron chi connectivity index (χ2n) is 8.72. The topological polar surface area (TPSA) is 119 Å². The van der Waals surface area contributed by atoms with Gasteiger partial charge >= 0.3 is 5.97 Å². The molecule has 1 saturated heterocycles. The normalized spacial score (nSPS) is 16.2. The molecule has 0 saturated carbocycles. The molecule has 0 spiro atoms. The molecule has 4 aromatic rings. The molecule has 1 aromatic heterocycles. The number of carbonyl (C=O) groups excluding carboxylic acids is 2. The molecule has 5 rings (SSSR count). The van der Waals surface area contributed by atoms with Crippen LogP contribution in [0.25, 0.3) is 11.0 Å². The average molecular weight is 603 g/mol. The molecule has 39 heavy (non-hydrogen) atoms. The van der Waals surface area contributed by atoms with Crippen LogP contribution in [0.15, 0.2) is 81.4 Å². The summed E-state index contributed by atoms with van der Waals surface area (Å²) < 4.78 is 41.9. The number of para-hydroxylation sites is 1. The fourth-order valence-electron chi connectivity index (χ4n) is 4.25. The van der Waals surface area contributed by atoms with Gasteiger partial charge in [0, 0.05) is 21.4 Å². The number of carbonyl (C=O) groups is 2. The molecule has 0 radical (unpaired) electrons. The van der Waals surface area contributed by atoms with Crippen LogP contribution < -0.4 is 5.32 Å². The van der Waals surface area contributed by atoms with Crippen LogP contribution in [0.2, 0.25) is 5.02 Å². The van der Waals surface area contributed by atoms with Crippen molar-refractivity contribution >= 4 is 73.7 Å². The molecule has 202 valence electrons. The van der Waals surface area contributed by atoms with Gasteiger partial charge in [0.25, 0.3) is 5.91 Å². The number of fused-ring (bicyclic) bond motifs is 1. The highest BCUT2D eigenvalue weighted by atomic mass is 35.5. The van der Waals surface area contributed by atoms with Crippen molar-refractivity contribution in [2.45, 2.75) is 40.0 Å². The summed E-state index contributed by atoms with van der Waals surface area (Å²) in [6, 6.07) is 18.3. The molecule has 2 heterocycles. The van der Waals surface area contributed by atoms with Crippen molar-refractivity contribution in [1.29, 1.82) is 0 Å². The first-order valence-electron chi connectivity index (χ1n) is 12.0. The van der Waals surface area contributed by atoms with Gasteiger partial charge in [-0.15, -0.1) is 0 Å². The number of nitrogens with zero attached hydrogens (tertiary/aromatic N) is 3. The zero-order valence-electron chi connectivity index (χ0n) is 20.4. The summed E-state index contributed by atoms with van der Waals surface area (Å²) in [5.41, 5.74) is 1.31. The van der Waals surface area contributed by atoms with Crippen LogP contribution >= 0.6 is 35.1 Å². The number of hydrogen-bond donors (Lipinski definition) is 1. The third-order valence-electron chi connectivity index (χ3n) is 6.11. The van der Waals surface area contributed by atoms with Crippen molar-refractivity contribution in [2.75, 3.05) is 18.5 Å². The predicted octanol–water partition coefficient (Wildman–Crippen LogP) is 5.22. The molecule has 1 unspecified atom stereocenters. The van der Waals surface area contributed by atoms with Gasteiger partial charge in [-0.3, -0.25) is 9.59 Å². The van der Waals surface area contributed by atoms with Gasteiger partial charge in [0.1, 0.15) is 22.0 Å². The summed E-state index contributed by atoms with van der Waals surface area (Å²) >= 11 is 8.34. The standard InChI is InChI=1S/C26H23ClN4O5S3/c27-17-11-13-18(14-12-17)37-22-9-2-1-6-19(22)28-24(32)16-36-26(33)21-8-3-4-15-31(21)39(34,35)23-10-5-7-20-25(23)30-38-29-20/h1-2,5-7,9-14,21H,3-4,8,15-16H2,(H,28,32). The van der Waals surface area contributed by atoms with E-state index in [-0.39, 0.29) is 17.0 Å². The Morgan fingerprint density at radius 1 is 1.05 bits per heavy atom. The first kappa shape index (κ1) is 27.5. The number of esters is 1. The second-order valence-corrected chi connectivity index (χ2v) is 12.7. The quantitative estimate of drug-likeness (QED) is 0.273. The Morgan fingerprint density at radius 3 is 2.67 bits per heavy atom. The molecule has 1 atom stereocenters. The smallest absolute Gasteiger partial charge is 0.324 e. The number of ether oxygens (including phenoxy) is 1. The maximum Gasteiger partial charge on any atom is 0.324 e. The lowest BCUT2D eigenvalue weighted by molar-refractivity contribution is -0.152. The first-order valence-corrected chi connectivity index (χ1v) is 15.4. The van der Waals surface area contributed by atoms with Crippen molar-refractivity contribution in [2.24, 2.45) is 0 Å². The van der Waals surface area contributed by atoms with Gasteiger partial charge in [-0.2, -0.15) is 13.1 Å². The Kier molecular flexibility index (Phi) is 8.48. The third kappa shape index (κ3) is 6.25. The predicted molar refractivity (Wildman–Crippen MR) is 151 cm³/mol. The molecular weight excluding hydrogens is 580 g/mol. The van der Waals surface area contributed by atoms with E-state index in [0.29, 0.717) is 35.5 Å². The van der Waals surface area contributed by atoms with Gasteiger partial charge < -0.3 is 10.1 Å². The van der Waals surface area contributed by atoms with Crippen molar-refractivity contribution in [3.8, 4) is 0 Å². The van der Waals surface area contributed by atoms with Gasteiger partial charge in [0.15, 0.2) is 6.61 Å². The number of piperidine rings is 1. The summed E-state index contributed by atoms with van der Waals surface area (Å²) in [5, 5.41) is 3.40. The lowest BCUT2D eigenvalue weighted by Crippen LogP contribution is -2.49. The number of amides is 1. The van der Waals surface area contributed by atoms with Crippen LogP contribution in [0.1, 0.15) is 19.3 Å². The van der Waals surface area contributed by atoms with E-state index in [2.05, 4.69) is 14.1 Å². The number of hydrogen-bond acceptors (Lipinski definition) is 9. The van der Waals surface area contributed by atoms with Crippen molar-refractivity contribution in [3.05, 3.63) is 71.8 Å². The van der Waals surface area contributed by atoms with Crippen LogP contribution in [0.3, 0.4) is 0 Å². The molecular formula is C26H23ClN4O5S3. The Bertz CT molecular complexity index is 1610. The summed E-state index contributed by atoms with van der Waals surface area (Å²) in [7, 11) is -4.05. The Morgan fingerprint density at radius 2 is 1.85 bits per heavy atom. The minimum atomic E-state index is -4.05.